The first-order chi connectivity index (χ1) is 16.4. The second-order valence-electron chi connectivity index (χ2n) is 8.28. The smallest absolute Gasteiger partial charge is 0.224 e. The summed E-state index contributed by atoms with van der Waals surface area (Å²) >= 11 is 6.52. The summed E-state index contributed by atoms with van der Waals surface area (Å²) in [5.74, 6) is 0.947. The highest BCUT2D eigenvalue weighted by Gasteiger charge is 2.13. The van der Waals surface area contributed by atoms with Gasteiger partial charge in [0.1, 0.15) is 12.4 Å². The number of benzene rings is 3. The molecule has 0 aliphatic heterocycles. The van der Waals surface area contributed by atoms with Crippen LogP contribution in [0.4, 0.5) is 15.8 Å². The number of amides is 1. The summed E-state index contributed by atoms with van der Waals surface area (Å²) in [6, 6.07) is 17.5. The van der Waals surface area contributed by atoms with Gasteiger partial charge in [-0.15, -0.1) is 0 Å². The van der Waals surface area contributed by atoms with E-state index in [1.54, 1.807) is 24.3 Å². The third-order valence-electron chi connectivity index (χ3n) is 4.98. The van der Waals surface area contributed by atoms with Gasteiger partial charge in [0.05, 0.1) is 6.61 Å². The lowest BCUT2D eigenvalue weighted by molar-refractivity contribution is -0.116. The van der Waals surface area contributed by atoms with Crippen LogP contribution in [0.5, 0.6) is 11.5 Å². The molecule has 0 heterocycles. The fourth-order valence-corrected chi connectivity index (χ4v) is 3.57. The average molecular weight is 485 g/mol. The monoisotopic (exact) mass is 484 g/mol. The predicted octanol–water partition coefficient (Wildman–Crippen LogP) is 7.05. The van der Waals surface area contributed by atoms with E-state index in [2.05, 4.69) is 10.6 Å². The normalized spacial score (nSPS) is 10.8. The number of hydrogen-bond acceptors (Lipinski definition) is 4. The lowest BCUT2D eigenvalue weighted by Gasteiger charge is -2.16. The van der Waals surface area contributed by atoms with E-state index in [1.807, 2.05) is 51.1 Å². The Balaban J connectivity index is 1.69. The fraction of sp³-hybridized carbons (Fsp3) is 0.296. The number of carbonyl (C=O) groups excluding carboxylic acids is 1. The first-order valence-electron chi connectivity index (χ1n) is 11.3. The average Bonchev–Trinajstić information content (AvgIpc) is 2.79. The Morgan fingerprint density at radius 2 is 1.71 bits per heavy atom. The first-order valence-corrected chi connectivity index (χ1v) is 11.7. The minimum absolute atomic E-state index is 0.0116. The van der Waals surface area contributed by atoms with Crippen LogP contribution in [0.1, 0.15) is 38.3 Å². The van der Waals surface area contributed by atoms with Crippen molar-refractivity contribution in [3.63, 3.8) is 0 Å². The van der Waals surface area contributed by atoms with E-state index in [0.29, 0.717) is 47.6 Å². The number of anilines is 2. The molecule has 0 saturated carbocycles. The summed E-state index contributed by atoms with van der Waals surface area (Å²) in [6.45, 7) is 6.85. The molecule has 0 aromatic heterocycles. The van der Waals surface area contributed by atoms with E-state index in [-0.39, 0.29) is 18.3 Å². The Labute approximate surface area is 205 Å². The Morgan fingerprint density at radius 3 is 2.44 bits per heavy atom. The van der Waals surface area contributed by atoms with E-state index in [0.717, 1.165) is 16.9 Å². The topological polar surface area (TPSA) is 59.6 Å². The molecule has 0 unspecified atom stereocenters. The van der Waals surface area contributed by atoms with Crippen LogP contribution in [-0.2, 0) is 17.9 Å². The van der Waals surface area contributed by atoms with Crippen molar-refractivity contribution in [2.24, 2.45) is 5.92 Å². The lowest BCUT2D eigenvalue weighted by atomic mass is 10.1. The van der Waals surface area contributed by atoms with Gasteiger partial charge in [-0.05, 0) is 48.7 Å². The first kappa shape index (κ1) is 25.4. The summed E-state index contributed by atoms with van der Waals surface area (Å²) in [5.41, 5.74) is 2.84. The van der Waals surface area contributed by atoms with Gasteiger partial charge in [0.15, 0.2) is 11.5 Å². The van der Waals surface area contributed by atoms with Gasteiger partial charge in [0.25, 0.3) is 0 Å². The standard InChI is InChI=1S/C27H30ClFN2O3/c1-4-33-25-13-20(23(28)15-26(25)34-17-19-8-5-6-11-24(19)29)16-30-21-9-7-10-22(14-21)31-27(32)12-18(2)3/h5-11,13-15,18,30H,4,12,16-17H2,1-3H3,(H,31,32). The second-order valence-corrected chi connectivity index (χ2v) is 8.69. The second kappa shape index (κ2) is 12.3. The molecule has 3 aromatic rings. The van der Waals surface area contributed by atoms with Gasteiger partial charge in [0, 0.05) is 41.0 Å². The van der Waals surface area contributed by atoms with Crippen LogP contribution < -0.4 is 20.1 Å². The van der Waals surface area contributed by atoms with Crippen LogP contribution in [0.25, 0.3) is 0 Å². The number of nitrogens with one attached hydrogen (secondary N) is 2. The molecule has 3 aromatic carbocycles. The maximum atomic E-state index is 13.9. The Hall–Kier alpha value is -3.25. The van der Waals surface area contributed by atoms with Gasteiger partial charge in [-0.2, -0.15) is 0 Å². The third-order valence-corrected chi connectivity index (χ3v) is 5.33. The SMILES string of the molecule is CCOc1cc(CNc2cccc(NC(=O)CC(C)C)c2)c(Cl)cc1OCc1ccccc1F. The van der Waals surface area contributed by atoms with Crippen molar-refractivity contribution in [2.75, 3.05) is 17.2 Å². The van der Waals surface area contributed by atoms with Crippen molar-refractivity contribution in [3.05, 3.63) is 82.6 Å². The molecule has 3 rings (SSSR count). The van der Waals surface area contributed by atoms with Crippen LogP contribution in [0, 0.1) is 11.7 Å². The van der Waals surface area contributed by atoms with Crippen molar-refractivity contribution in [2.45, 2.75) is 40.3 Å². The largest absolute Gasteiger partial charge is 0.490 e. The van der Waals surface area contributed by atoms with Crippen molar-refractivity contribution in [1.29, 1.82) is 0 Å². The van der Waals surface area contributed by atoms with Crippen LogP contribution in [0.2, 0.25) is 5.02 Å². The van der Waals surface area contributed by atoms with Gasteiger partial charge < -0.3 is 20.1 Å². The minimum atomic E-state index is -0.324. The molecule has 5 nitrogen and oxygen atoms in total. The maximum absolute atomic E-state index is 13.9. The molecule has 0 aliphatic carbocycles. The summed E-state index contributed by atoms with van der Waals surface area (Å²) < 4.78 is 25.5. The molecule has 0 saturated heterocycles. The van der Waals surface area contributed by atoms with Crippen molar-refractivity contribution >= 4 is 28.9 Å². The number of halogens is 2. The van der Waals surface area contributed by atoms with Crippen LogP contribution in [0.3, 0.4) is 0 Å². The minimum Gasteiger partial charge on any atom is -0.490 e. The Morgan fingerprint density at radius 1 is 0.971 bits per heavy atom. The van der Waals surface area contributed by atoms with Gasteiger partial charge in [0.2, 0.25) is 5.91 Å². The van der Waals surface area contributed by atoms with E-state index in [1.165, 1.54) is 6.07 Å². The molecular weight excluding hydrogens is 455 g/mol. The van der Waals surface area contributed by atoms with Crippen LogP contribution in [0.15, 0.2) is 60.7 Å². The molecule has 180 valence electrons. The number of carbonyl (C=O) groups is 1. The highest BCUT2D eigenvalue weighted by Crippen LogP contribution is 2.35. The van der Waals surface area contributed by atoms with E-state index in [4.69, 9.17) is 21.1 Å². The van der Waals surface area contributed by atoms with Gasteiger partial charge >= 0.3 is 0 Å². The van der Waals surface area contributed by atoms with Crippen LogP contribution >= 0.6 is 11.6 Å². The van der Waals surface area contributed by atoms with E-state index < -0.39 is 0 Å². The number of ether oxygens (including phenoxy) is 2. The van der Waals surface area contributed by atoms with Gasteiger partial charge in [-0.1, -0.05) is 49.7 Å². The van der Waals surface area contributed by atoms with Crippen molar-refractivity contribution in [1.82, 2.24) is 0 Å². The summed E-state index contributed by atoms with van der Waals surface area (Å²) in [5, 5.41) is 6.75. The highest BCUT2D eigenvalue weighted by molar-refractivity contribution is 6.31. The highest BCUT2D eigenvalue weighted by atomic mass is 35.5. The number of hydrogen-bond donors (Lipinski definition) is 2. The molecule has 0 radical (unpaired) electrons. The summed E-state index contributed by atoms with van der Waals surface area (Å²) in [4.78, 5) is 12.1. The fourth-order valence-electron chi connectivity index (χ4n) is 3.35. The molecule has 0 aliphatic rings. The molecule has 1 amide bonds. The Bertz CT molecular complexity index is 1120. The zero-order valence-corrected chi connectivity index (χ0v) is 20.4. The zero-order valence-electron chi connectivity index (χ0n) is 19.7. The lowest BCUT2D eigenvalue weighted by Crippen LogP contribution is -2.14. The summed E-state index contributed by atoms with van der Waals surface area (Å²) in [6.07, 6.45) is 0.471. The van der Waals surface area contributed by atoms with E-state index >= 15 is 0 Å². The molecule has 0 fully saturated rings. The molecule has 34 heavy (non-hydrogen) atoms. The maximum Gasteiger partial charge on any atom is 0.224 e. The molecule has 2 N–H and O–H groups in total. The van der Waals surface area contributed by atoms with Crippen molar-refractivity contribution < 1.29 is 18.7 Å². The van der Waals surface area contributed by atoms with Crippen molar-refractivity contribution in [3.8, 4) is 11.5 Å². The molecule has 0 atom stereocenters. The van der Waals surface area contributed by atoms with Crippen LogP contribution in [-0.4, -0.2) is 12.5 Å². The molecule has 7 heteroatoms. The van der Waals surface area contributed by atoms with E-state index in [9.17, 15) is 9.18 Å². The van der Waals surface area contributed by atoms with Gasteiger partial charge in [-0.3, -0.25) is 4.79 Å². The third kappa shape index (κ3) is 7.39. The number of rotatable bonds is 11. The van der Waals surface area contributed by atoms with Gasteiger partial charge in [-0.25, -0.2) is 4.39 Å². The molecular formula is C27H30ClFN2O3. The predicted molar refractivity (Wildman–Crippen MR) is 135 cm³/mol. The summed E-state index contributed by atoms with van der Waals surface area (Å²) in [7, 11) is 0. The molecule has 0 bridgehead atoms. The quantitative estimate of drug-likeness (QED) is 0.306. The Kier molecular flexibility index (Phi) is 9.16. The molecule has 0 spiro atoms. The zero-order chi connectivity index (χ0) is 24.5.